The van der Waals surface area contributed by atoms with Gasteiger partial charge in [0.1, 0.15) is 11.8 Å². The van der Waals surface area contributed by atoms with Crippen molar-refractivity contribution in [1.82, 2.24) is 9.80 Å². The van der Waals surface area contributed by atoms with Crippen LogP contribution in [0.4, 0.5) is 11.4 Å². The standard InChI is InChI=1S/C28H32N6O4/c1-28(9-10-28)31-15-19-11-18(13-23(38-3)25(19)30)27(37)33(2)17-24(35)34-16-20(12-22(34)14-29)26(36)32-21-7-5-4-6-8-21/h4-8,11,13,15,20,22H,9-10,12,16-17,30H2,1-3H3,(H,32,36). The predicted octanol–water partition coefficient (Wildman–Crippen LogP) is 2.70. The minimum atomic E-state index is -0.749. The zero-order valence-electron chi connectivity index (χ0n) is 21.8. The van der Waals surface area contributed by atoms with Crippen molar-refractivity contribution in [2.45, 2.75) is 37.8 Å². The number of carbonyl (C=O) groups is 3. The van der Waals surface area contributed by atoms with Gasteiger partial charge < -0.3 is 25.6 Å². The number of para-hydroxylation sites is 1. The van der Waals surface area contributed by atoms with Crippen molar-refractivity contribution >= 4 is 35.3 Å². The maximum absolute atomic E-state index is 13.3. The second-order valence-electron chi connectivity index (χ2n) is 10.1. The molecule has 38 heavy (non-hydrogen) atoms. The van der Waals surface area contributed by atoms with Crippen molar-refractivity contribution in [3.05, 3.63) is 53.6 Å². The number of nitriles is 1. The molecule has 198 valence electrons. The topological polar surface area (TPSA) is 141 Å². The Hall–Kier alpha value is -4.39. The Labute approximate surface area is 222 Å². The van der Waals surface area contributed by atoms with Crippen LogP contribution >= 0.6 is 0 Å². The lowest BCUT2D eigenvalue weighted by Crippen LogP contribution is -2.43. The number of likely N-dealkylation sites (N-methyl/N-ethyl adjacent to an activating group) is 1. The van der Waals surface area contributed by atoms with Gasteiger partial charge >= 0.3 is 0 Å². The van der Waals surface area contributed by atoms with Gasteiger partial charge in [-0.15, -0.1) is 0 Å². The number of nitrogens with two attached hydrogens (primary N) is 1. The molecule has 0 aromatic heterocycles. The van der Waals surface area contributed by atoms with E-state index in [1.54, 1.807) is 24.4 Å². The molecule has 10 nitrogen and oxygen atoms in total. The summed E-state index contributed by atoms with van der Waals surface area (Å²) in [6, 6.07) is 13.5. The molecule has 0 spiro atoms. The average Bonchev–Trinajstić information content (AvgIpc) is 3.48. The van der Waals surface area contributed by atoms with E-state index in [9.17, 15) is 19.6 Å². The molecule has 1 saturated carbocycles. The van der Waals surface area contributed by atoms with Crippen molar-refractivity contribution in [2.24, 2.45) is 10.9 Å². The first-order valence-corrected chi connectivity index (χ1v) is 12.5. The van der Waals surface area contributed by atoms with Crippen LogP contribution < -0.4 is 15.8 Å². The Morgan fingerprint density at radius 3 is 2.63 bits per heavy atom. The maximum Gasteiger partial charge on any atom is 0.254 e. The first-order chi connectivity index (χ1) is 18.1. The molecule has 1 aliphatic carbocycles. The molecule has 2 atom stereocenters. The molecule has 2 aromatic rings. The van der Waals surface area contributed by atoms with E-state index in [4.69, 9.17) is 10.5 Å². The van der Waals surface area contributed by atoms with Gasteiger partial charge in [-0.1, -0.05) is 18.2 Å². The van der Waals surface area contributed by atoms with Crippen LogP contribution in [0.25, 0.3) is 0 Å². The number of nitrogen functional groups attached to an aromatic ring is 1. The monoisotopic (exact) mass is 516 g/mol. The van der Waals surface area contributed by atoms with Gasteiger partial charge in [0.2, 0.25) is 11.8 Å². The molecule has 2 fully saturated rings. The van der Waals surface area contributed by atoms with E-state index in [0.717, 1.165) is 12.8 Å². The molecule has 4 rings (SSSR count). The number of rotatable bonds is 8. The SMILES string of the molecule is COc1cc(C(=O)N(C)CC(=O)N2CC(C(=O)Nc3ccccc3)CC2C#N)cc(C=NC2(C)CC2)c1N. The summed E-state index contributed by atoms with van der Waals surface area (Å²) in [7, 11) is 2.98. The summed E-state index contributed by atoms with van der Waals surface area (Å²) in [5.74, 6) is -1.25. The molecule has 10 heteroatoms. The summed E-state index contributed by atoms with van der Waals surface area (Å²) in [6.45, 7) is 1.90. The highest BCUT2D eigenvalue weighted by atomic mass is 16.5. The lowest BCUT2D eigenvalue weighted by Gasteiger charge is -2.24. The smallest absolute Gasteiger partial charge is 0.254 e. The highest BCUT2D eigenvalue weighted by Crippen LogP contribution is 2.39. The van der Waals surface area contributed by atoms with Gasteiger partial charge in [-0.2, -0.15) is 5.26 Å². The fourth-order valence-corrected chi connectivity index (χ4v) is 4.36. The van der Waals surface area contributed by atoms with E-state index in [0.29, 0.717) is 28.3 Å². The highest BCUT2D eigenvalue weighted by Gasteiger charge is 2.39. The van der Waals surface area contributed by atoms with E-state index in [2.05, 4.69) is 16.4 Å². The molecule has 0 bridgehead atoms. The molecule has 1 heterocycles. The Balaban J connectivity index is 1.43. The Morgan fingerprint density at radius 1 is 1.29 bits per heavy atom. The van der Waals surface area contributed by atoms with Crippen molar-refractivity contribution < 1.29 is 19.1 Å². The minimum Gasteiger partial charge on any atom is -0.495 e. The molecule has 0 radical (unpaired) electrons. The summed E-state index contributed by atoms with van der Waals surface area (Å²) < 4.78 is 5.37. The van der Waals surface area contributed by atoms with Gasteiger partial charge in [-0.25, -0.2) is 0 Å². The molecular formula is C28H32N6O4. The first kappa shape index (κ1) is 26.7. The van der Waals surface area contributed by atoms with Crippen LogP contribution in [0.1, 0.15) is 42.1 Å². The van der Waals surface area contributed by atoms with Gasteiger partial charge in [0.15, 0.2) is 0 Å². The number of hydrogen-bond donors (Lipinski definition) is 2. The third kappa shape index (κ3) is 5.94. The number of anilines is 2. The first-order valence-electron chi connectivity index (χ1n) is 12.5. The molecule has 2 aromatic carbocycles. The van der Waals surface area contributed by atoms with E-state index in [1.165, 1.54) is 30.0 Å². The second kappa shape index (κ2) is 10.9. The zero-order chi connectivity index (χ0) is 27.4. The maximum atomic E-state index is 13.3. The van der Waals surface area contributed by atoms with Gasteiger partial charge in [-0.05, 0) is 50.5 Å². The van der Waals surface area contributed by atoms with Crippen LogP contribution in [0.15, 0.2) is 47.5 Å². The van der Waals surface area contributed by atoms with E-state index < -0.39 is 23.8 Å². The molecule has 3 amide bonds. The van der Waals surface area contributed by atoms with Gasteiger partial charge in [0.05, 0.1) is 36.9 Å². The normalized spacial score (nSPS) is 19.6. The fourth-order valence-electron chi connectivity index (χ4n) is 4.36. The number of carbonyl (C=O) groups excluding carboxylic acids is 3. The zero-order valence-corrected chi connectivity index (χ0v) is 21.8. The van der Waals surface area contributed by atoms with Gasteiger partial charge in [0, 0.05) is 36.6 Å². The van der Waals surface area contributed by atoms with Crippen LogP contribution in [-0.4, -0.2) is 72.6 Å². The van der Waals surface area contributed by atoms with Crippen LogP contribution in [0.2, 0.25) is 0 Å². The number of amides is 3. The van der Waals surface area contributed by atoms with Crippen LogP contribution in [0.3, 0.4) is 0 Å². The van der Waals surface area contributed by atoms with E-state index in [-0.39, 0.29) is 31.0 Å². The summed E-state index contributed by atoms with van der Waals surface area (Å²) in [4.78, 5) is 46.4. The number of hydrogen-bond acceptors (Lipinski definition) is 7. The van der Waals surface area contributed by atoms with Crippen LogP contribution in [-0.2, 0) is 9.59 Å². The predicted molar refractivity (Wildman–Crippen MR) is 144 cm³/mol. The van der Waals surface area contributed by atoms with E-state index >= 15 is 0 Å². The third-order valence-corrected chi connectivity index (χ3v) is 7.03. The Kier molecular flexibility index (Phi) is 7.67. The quantitative estimate of drug-likeness (QED) is 0.408. The summed E-state index contributed by atoms with van der Waals surface area (Å²) in [5.41, 5.74) is 8.00. The number of methoxy groups -OCH3 is 1. The lowest BCUT2D eigenvalue weighted by atomic mass is 10.1. The van der Waals surface area contributed by atoms with Crippen molar-refractivity contribution in [3.8, 4) is 11.8 Å². The number of aliphatic imine (C=N–C) groups is 1. The summed E-state index contributed by atoms with van der Waals surface area (Å²) >= 11 is 0. The number of nitrogens with zero attached hydrogens (tertiary/aromatic N) is 4. The fraction of sp³-hybridized carbons (Fsp3) is 0.393. The lowest BCUT2D eigenvalue weighted by molar-refractivity contribution is -0.131. The Bertz CT molecular complexity index is 1300. The average molecular weight is 517 g/mol. The van der Waals surface area contributed by atoms with Crippen molar-refractivity contribution in [2.75, 3.05) is 38.3 Å². The van der Waals surface area contributed by atoms with Gasteiger partial charge in [0.25, 0.3) is 5.91 Å². The molecule has 2 unspecified atom stereocenters. The molecule has 1 aliphatic heterocycles. The molecule has 1 saturated heterocycles. The number of likely N-dealkylation sites (tertiary alicyclic amines) is 1. The molecule has 3 N–H and O–H groups in total. The third-order valence-electron chi connectivity index (χ3n) is 7.03. The summed E-state index contributed by atoms with van der Waals surface area (Å²) in [5, 5.41) is 12.5. The van der Waals surface area contributed by atoms with Crippen LogP contribution in [0, 0.1) is 17.2 Å². The molecule has 2 aliphatic rings. The minimum absolute atomic E-state index is 0.0915. The number of ether oxygens (including phenoxy) is 1. The number of benzene rings is 2. The largest absolute Gasteiger partial charge is 0.495 e. The Morgan fingerprint density at radius 2 is 2.00 bits per heavy atom. The van der Waals surface area contributed by atoms with E-state index in [1.807, 2.05) is 25.1 Å². The van der Waals surface area contributed by atoms with Crippen molar-refractivity contribution in [1.29, 1.82) is 5.26 Å². The number of nitrogens with one attached hydrogen (secondary N) is 1. The van der Waals surface area contributed by atoms with Crippen molar-refractivity contribution in [3.63, 3.8) is 0 Å². The van der Waals surface area contributed by atoms with Gasteiger partial charge in [-0.3, -0.25) is 19.4 Å². The summed E-state index contributed by atoms with van der Waals surface area (Å²) in [6.07, 6.45) is 3.89. The van der Waals surface area contributed by atoms with Crippen LogP contribution in [0.5, 0.6) is 5.75 Å². The second-order valence-corrected chi connectivity index (χ2v) is 10.1. The molecular weight excluding hydrogens is 484 g/mol. The highest BCUT2D eigenvalue weighted by molar-refractivity contribution is 6.01.